The van der Waals surface area contributed by atoms with Crippen LogP contribution in [-0.2, 0) is 0 Å². The van der Waals surface area contributed by atoms with Crippen molar-refractivity contribution < 1.29 is 39.5 Å². The molecule has 13 heavy (non-hydrogen) atoms. The van der Waals surface area contributed by atoms with E-state index in [9.17, 15) is 9.90 Å². The molecular weight excluding hydrogens is 179 g/mol. The van der Waals surface area contributed by atoms with Crippen molar-refractivity contribution >= 4 is 12.3 Å². The minimum Gasteiger partial charge on any atom is -0.529 e. The molecule has 0 radical (unpaired) electrons. The second-order valence-electron chi connectivity index (χ2n) is 2.07. The third kappa shape index (κ3) is 5.41. The Morgan fingerprint density at radius 1 is 1.38 bits per heavy atom. The van der Waals surface area contributed by atoms with Crippen LogP contribution in [0, 0.1) is 0 Å². The molecule has 0 saturated carbocycles. The number of carbonyl (C=O) groups excluding carboxylic acids is 1. The first kappa shape index (κ1) is 12.2. The largest absolute Gasteiger partial charge is 1.00 e. The van der Waals surface area contributed by atoms with Gasteiger partial charge in [0.1, 0.15) is 0 Å². The number of amides is 1. The molecule has 5 heteroatoms. The molecule has 0 bridgehead atoms. The molecule has 0 aliphatic carbocycles. The van der Waals surface area contributed by atoms with Crippen molar-refractivity contribution in [1.82, 2.24) is 5.43 Å². The van der Waals surface area contributed by atoms with E-state index in [1.54, 1.807) is 17.6 Å². The molecule has 1 aromatic rings. The van der Waals surface area contributed by atoms with Crippen LogP contribution < -0.4 is 40.1 Å². The molecule has 0 atom stereocenters. The van der Waals surface area contributed by atoms with E-state index in [0.29, 0.717) is 0 Å². The number of rotatable bonds is 2. The molecule has 62 valence electrons. The fourth-order valence-corrected chi connectivity index (χ4v) is 0.699. The Morgan fingerprint density at radius 2 is 2.00 bits per heavy atom. The number of hydrogen-bond donors (Lipinski definition) is 1. The smallest absolute Gasteiger partial charge is 0.529 e. The van der Waals surface area contributed by atoms with Crippen LogP contribution in [0.5, 0.6) is 0 Å². The van der Waals surface area contributed by atoms with Gasteiger partial charge < -0.3 is 9.90 Å². The molecule has 0 aromatic heterocycles. The van der Waals surface area contributed by atoms with Gasteiger partial charge in [-0.15, -0.1) is 0 Å². The first-order chi connectivity index (χ1) is 5.79. The molecule has 1 N–H and O–H groups in total. The molecule has 0 saturated heterocycles. The summed E-state index contributed by atoms with van der Waals surface area (Å²) in [6.45, 7) is 0. The molecule has 1 amide bonds. The number of carbonyl (C=O) groups is 1. The normalized spacial score (nSPS) is 9.23. The van der Waals surface area contributed by atoms with Gasteiger partial charge in [0, 0.05) is 0 Å². The van der Waals surface area contributed by atoms with Crippen molar-refractivity contribution in [3.8, 4) is 0 Å². The van der Waals surface area contributed by atoms with Crippen molar-refractivity contribution in [2.24, 2.45) is 5.10 Å². The minimum absolute atomic E-state index is 0. The van der Waals surface area contributed by atoms with Gasteiger partial charge in [0.15, 0.2) is 6.09 Å². The first-order valence-electron chi connectivity index (χ1n) is 3.34. The van der Waals surface area contributed by atoms with Crippen molar-refractivity contribution in [2.45, 2.75) is 0 Å². The van der Waals surface area contributed by atoms with Gasteiger partial charge in [0.25, 0.3) is 0 Å². The van der Waals surface area contributed by atoms with Gasteiger partial charge in [-0.3, -0.25) is 5.43 Å². The zero-order valence-electron chi connectivity index (χ0n) is 7.23. The van der Waals surface area contributed by atoms with Crippen molar-refractivity contribution in [3.05, 3.63) is 35.9 Å². The maximum Gasteiger partial charge on any atom is 1.00 e. The summed E-state index contributed by atoms with van der Waals surface area (Å²) < 4.78 is 0. The number of carboxylic acid groups (broad SMARTS) is 1. The molecule has 0 heterocycles. The molecule has 1 aromatic carbocycles. The van der Waals surface area contributed by atoms with Crippen LogP contribution in [-0.4, -0.2) is 12.3 Å². The average molecular weight is 186 g/mol. The SMILES string of the molecule is O=C([O-])N/N=C/c1ccccc1.[Na+]. The maximum atomic E-state index is 9.85. The number of hydrogen-bond acceptors (Lipinski definition) is 3. The molecule has 0 fully saturated rings. The quantitative estimate of drug-likeness (QED) is 0.303. The Labute approximate surface area is 97.9 Å². The third-order valence-electron chi connectivity index (χ3n) is 1.17. The fraction of sp³-hybridized carbons (Fsp3) is 0. The van der Waals surface area contributed by atoms with Crippen LogP contribution in [0.2, 0.25) is 0 Å². The number of nitrogens with zero attached hydrogens (tertiary/aromatic N) is 1. The Hall–Kier alpha value is -0.840. The Bertz CT molecular complexity index is 287. The summed E-state index contributed by atoms with van der Waals surface area (Å²) in [5.74, 6) is 0. The van der Waals surface area contributed by atoms with E-state index >= 15 is 0 Å². The maximum absolute atomic E-state index is 9.85. The van der Waals surface area contributed by atoms with E-state index in [4.69, 9.17) is 0 Å². The second-order valence-corrected chi connectivity index (χ2v) is 2.07. The van der Waals surface area contributed by atoms with Crippen LogP contribution in [0.25, 0.3) is 0 Å². The molecule has 0 spiro atoms. The zero-order chi connectivity index (χ0) is 8.81. The van der Waals surface area contributed by atoms with Gasteiger partial charge >= 0.3 is 29.6 Å². The van der Waals surface area contributed by atoms with Gasteiger partial charge in [-0.05, 0) is 5.56 Å². The predicted molar refractivity (Wildman–Crippen MR) is 42.6 cm³/mol. The summed E-state index contributed by atoms with van der Waals surface area (Å²) in [6.07, 6.45) is -0.0160. The monoisotopic (exact) mass is 186 g/mol. The third-order valence-corrected chi connectivity index (χ3v) is 1.17. The van der Waals surface area contributed by atoms with E-state index in [-0.39, 0.29) is 29.6 Å². The molecule has 1 rings (SSSR count). The van der Waals surface area contributed by atoms with Crippen molar-refractivity contribution in [1.29, 1.82) is 0 Å². The van der Waals surface area contributed by atoms with Crippen LogP contribution in [0.1, 0.15) is 5.56 Å². The summed E-state index contributed by atoms with van der Waals surface area (Å²) >= 11 is 0. The summed E-state index contributed by atoms with van der Waals surface area (Å²) in [5.41, 5.74) is 2.59. The number of benzene rings is 1. The molecule has 0 aliphatic rings. The van der Waals surface area contributed by atoms with Gasteiger partial charge in [-0.25, -0.2) is 0 Å². The Kier molecular flexibility index (Phi) is 6.22. The topological polar surface area (TPSA) is 64.5 Å². The van der Waals surface area contributed by atoms with Crippen LogP contribution in [0.4, 0.5) is 4.79 Å². The summed E-state index contributed by atoms with van der Waals surface area (Å²) in [6, 6.07) is 9.14. The fourth-order valence-electron chi connectivity index (χ4n) is 0.699. The molecule has 4 nitrogen and oxygen atoms in total. The van der Waals surface area contributed by atoms with E-state index in [1.165, 1.54) is 6.21 Å². The van der Waals surface area contributed by atoms with Gasteiger partial charge in [-0.1, -0.05) is 30.3 Å². The summed E-state index contributed by atoms with van der Waals surface area (Å²) in [7, 11) is 0. The standard InChI is InChI=1S/C8H8N2O2.Na/c11-8(12)10-9-6-7-4-2-1-3-5-7;/h1-6,10H,(H,11,12);/q;+1/p-1/b9-6+;. The van der Waals surface area contributed by atoms with E-state index < -0.39 is 6.09 Å². The Balaban J connectivity index is 0.00000144. The molecular formula is C8H7N2NaO2. The molecule has 0 unspecified atom stereocenters. The second kappa shape index (κ2) is 6.65. The van der Waals surface area contributed by atoms with Crippen LogP contribution in [0.15, 0.2) is 35.4 Å². The van der Waals surface area contributed by atoms with E-state index in [0.717, 1.165) is 5.56 Å². The number of nitrogens with one attached hydrogen (secondary N) is 1. The van der Waals surface area contributed by atoms with Gasteiger partial charge in [-0.2, -0.15) is 5.10 Å². The van der Waals surface area contributed by atoms with Crippen molar-refractivity contribution in [3.63, 3.8) is 0 Å². The van der Waals surface area contributed by atoms with E-state index in [2.05, 4.69) is 5.10 Å². The number of hydrazone groups is 1. The zero-order valence-corrected chi connectivity index (χ0v) is 9.23. The summed E-state index contributed by atoms with van der Waals surface area (Å²) in [5, 5.41) is 13.3. The molecule has 0 aliphatic heterocycles. The van der Waals surface area contributed by atoms with Crippen LogP contribution in [0.3, 0.4) is 0 Å². The average Bonchev–Trinajstić information content (AvgIpc) is 2.05. The Morgan fingerprint density at radius 3 is 2.54 bits per heavy atom. The first-order valence-corrected chi connectivity index (χ1v) is 3.34. The summed E-state index contributed by atoms with van der Waals surface area (Å²) in [4.78, 5) is 9.85. The minimum atomic E-state index is -1.41. The predicted octanol–water partition coefficient (Wildman–Crippen LogP) is -3.04. The van der Waals surface area contributed by atoms with Crippen LogP contribution >= 0.6 is 0 Å². The van der Waals surface area contributed by atoms with Gasteiger partial charge in [0.05, 0.1) is 6.21 Å². The van der Waals surface area contributed by atoms with Gasteiger partial charge in [0.2, 0.25) is 0 Å². The van der Waals surface area contributed by atoms with Crippen molar-refractivity contribution in [2.75, 3.05) is 0 Å². The van der Waals surface area contributed by atoms with E-state index in [1.807, 2.05) is 18.2 Å².